The molecule has 5 nitrogen and oxygen atoms in total. The normalized spacial score (nSPS) is 11.2. The number of hydrogen-bond acceptors (Lipinski definition) is 4. The molecule has 0 atom stereocenters. The van der Waals surface area contributed by atoms with Gasteiger partial charge >= 0.3 is 0 Å². The van der Waals surface area contributed by atoms with Crippen LogP contribution in [-0.2, 0) is 9.84 Å². The molecule has 24 heavy (non-hydrogen) atoms. The number of sulfone groups is 1. The summed E-state index contributed by atoms with van der Waals surface area (Å²) in [6.07, 6.45) is 2.57. The van der Waals surface area contributed by atoms with Crippen molar-refractivity contribution in [3.63, 3.8) is 0 Å². The summed E-state index contributed by atoms with van der Waals surface area (Å²) < 4.78 is 28.5. The van der Waals surface area contributed by atoms with Crippen molar-refractivity contribution < 1.29 is 17.6 Å². The lowest BCUT2D eigenvalue weighted by molar-refractivity contribution is 0.0997. The summed E-state index contributed by atoms with van der Waals surface area (Å²) in [5.41, 5.74) is 1.92. The summed E-state index contributed by atoms with van der Waals surface area (Å²) in [5.74, 6) is -0.268. The highest BCUT2D eigenvalue weighted by atomic mass is 32.2. The summed E-state index contributed by atoms with van der Waals surface area (Å²) in [4.78, 5) is 12.6. The fourth-order valence-electron chi connectivity index (χ4n) is 2.32. The van der Waals surface area contributed by atoms with Crippen molar-refractivity contribution in [2.75, 3.05) is 11.6 Å². The molecule has 1 amide bonds. The van der Waals surface area contributed by atoms with Gasteiger partial charge in [-0.1, -0.05) is 36.4 Å². The van der Waals surface area contributed by atoms with E-state index >= 15 is 0 Å². The lowest BCUT2D eigenvalue weighted by Crippen LogP contribution is -2.12. The molecule has 0 spiro atoms. The molecule has 1 heterocycles. The van der Waals surface area contributed by atoms with E-state index in [9.17, 15) is 13.2 Å². The van der Waals surface area contributed by atoms with Crippen molar-refractivity contribution in [2.45, 2.75) is 4.90 Å². The maximum absolute atomic E-state index is 12.5. The highest BCUT2D eigenvalue weighted by Gasteiger charge is 2.17. The number of furan rings is 1. The van der Waals surface area contributed by atoms with Gasteiger partial charge in [0, 0.05) is 17.5 Å². The molecule has 0 aliphatic rings. The Hall–Kier alpha value is -2.86. The Bertz CT molecular complexity index is 975. The molecule has 1 N–H and O–H groups in total. The van der Waals surface area contributed by atoms with Gasteiger partial charge in [0.05, 0.1) is 11.2 Å². The number of hydrogen-bond donors (Lipinski definition) is 1. The summed E-state index contributed by atoms with van der Waals surface area (Å²) in [6, 6.07) is 17.2. The first-order chi connectivity index (χ1) is 11.4. The van der Waals surface area contributed by atoms with E-state index in [1.807, 2.05) is 30.3 Å². The Balaban J connectivity index is 1.89. The van der Waals surface area contributed by atoms with E-state index in [0.717, 1.165) is 11.8 Å². The molecule has 0 bridgehead atoms. The van der Waals surface area contributed by atoms with Crippen LogP contribution >= 0.6 is 0 Å². The van der Waals surface area contributed by atoms with Gasteiger partial charge in [-0.15, -0.1) is 0 Å². The zero-order valence-electron chi connectivity index (χ0n) is 12.9. The van der Waals surface area contributed by atoms with Gasteiger partial charge in [0.25, 0.3) is 5.91 Å². The summed E-state index contributed by atoms with van der Waals surface area (Å²) in [5, 5.41) is 2.67. The summed E-state index contributed by atoms with van der Waals surface area (Å²) in [7, 11) is -3.34. The lowest BCUT2D eigenvalue weighted by atomic mass is 10.1. The Kier molecular flexibility index (Phi) is 4.22. The van der Waals surface area contributed by atoms with Gasteiger partial charge in [0.15, 0.2) is 15.6 Å². The number of nitrogens with one attached hydrogen (secondary N) is 1. The number of carbonyl (C=O) groups excluding carboxylic acids is 1. The van der Waals surface area contributed by atoms with Gasteiger partial charge in [-0.25, -0.2) is 8.42 Å². The maximum atomic E-state index is 12.5. The highest BCUT2D eigenvalue weighted by molar-refractivity contribution is 7.90. The SMILES string of the molecule is CS(=O)(=O)c1cccc(NC(=O)c2occc2-c2ccccc2)c1. The molecule has 0 aliphatic carbocycles. The molecule has 0 saturated heterocycles. The van der Waals surface area contributed by atoms with E-state index in [4.69, 9.17) is 4.42 Å². The van der Waals surface area contributed by atoms with Crippen molar-refractivity contribution >= 4 is 21.4 Å². The minimum Gasteiger partial charge on any atom is -0.459 e. The second kappa shape index (κ2) is 6.33. The van der Waals surface area contributed by atoms with Crippen LogP contribution in [0.25, 0.3) is 11.1 Å². The first-order valence-electron chi connectivity index (χ1n) is 7.19. The van der Waals surface area contributed by atoms with Crippen molar-refractivity contribution in [3.8, 4) is 11.1 Å². The van der Waals surface area contributed by atoms with E-state index in [0.29, 0.717) is 11.3 Å². The molecule has 6 heteroatoms. The van der Waals surface area contributed by atoms with Gasteiger partial charge in [-0.2, -0.15) is 0 Å². The van der Waals surface area contributed by atoms with Crippen LogP contribution in [0.15, 0.2) is 76.2 Å². The van der Waals surface area contributed by atoms with Crippen LogP contribution in [-0.4, -0.2) is 20.6 Å². The molecule has 0 radical (unpaired) electrons. The molecular formula is C18H15NO4S. The third kappa shape index (κ3) is 3.38. The summed E-state index contributed by atoms with van der Waals surface area (Å²) >= 11 is 0. The van der Waals surface area contributed by atoms with E-state index in [1.54, 1.807) is 18.2 Å². The smallest absolute Gasteiger partial charge is 0.292 e. The average Bonchev–Trinajstić information content (AvgIpc) is 3.05. The van der Waals surface area contributed by atoms with Gasteiger partial charge in [-0.05, 0) is 29.8 Å². The monoisotopic (exact) mass is 341 g/mol. The number of carbonyl (C=O) groups is 1. The molecule has 3 rings (SSSR count). The van der Waals surface area contributed by atoms with Gasteiger partial charge in [0.2, 0.25) is 0 Å². The minimum atomic E-state index is -3.34. The molecule has 0 aliphatic heterocycles. The van der Waals surface area contributed by atoms with Crippen LogP contribution in [0.5, 0.6) is 0 Å². The van der Waals surface area contributed by atoms with Crippen LogP contribution in [0, 0.1) is 0 Å². The van der Waals surface area contributed by atoms with Crippen LogP contribution in [0.1, 0.15) is 10.6 Å². The van der Waals surface area contributed by atoms with Crippen LogP contribution < -0.4 is 5.32 Å². The van der Waals surface area contributed by atoms with Crippen LogP contribution in [0.3, 0.4) is 0 Å². The van der Waals surface area contributed by atoms with Crippen molar-refractivity contribution in [1.29, 1.82) is 0 Å². The second-order valence-corrected chi connectivity index (χ2v) is 7.30. The van der Waals surface area contributed by atoms with Crippen LogP contribution in [0.2, 0.25) is 0 Å². The molecule has 1 aromatic heterocycles. The highest BCUT2D eigenvalue weighted by Crippen LogP contribution is 2.25. The first-order valence-corrected chi connectivity index (χ1v) is 9.09. The number of benzene rings is 2. The fraction of sp³-hybridized carbons (Fsp3) is 0.0556. The molecule has 122 valence electrons. The number of amides is 1. The van der Waals surface area contributed by atoms with Gasteiger partial charge in [0.1, 0.15) is 0 Å². The van der Waals surface area contributed by atoms with Crippen molar-refractivity contribution in [2.24, 2.45) is 0 Å². The Morgan fingerprint density at radius 2 is 1.75 bits per heavy atom. The van der Waals surface area contributed by atoms with E-state index in [-0.39, 0.29) is 10.7 Å². The molecular weight excluding hydrogens is 326 g/mol. The third-order valence-corrected chi connectivity index (χ3v) is 4.59. The maximum Gasteiger partial charge on any atom is 0.292 e. The lowest BCUT2D eigenvalue weighted by Gasteiger charge is -2.07. The molecule has 0 saturated carbocycles. The topological polar surface area (TPSA) is 76.4 Å². The second-order valence-electron chi connectivity index (χ2n) is 5.28. The van der Waals surface area contributed by atoms with Gasteiger partial charge in [-0.3, -0.25) is 4.79 Å². The summed E-state index contributed by atoms with van der Waals surface area (Å²) in [6.45, 7) is 0. The average molecular weight is 341 g/mol. The first kappa shape index (κ1) is 16.0. The zero-order chi connectivity index (χ0) is 17.2. The predicted molar refractivity (Wildman–Crippen MR) is 91.6 cm³/mol. The number of rotatable bonds is 4. The quantitative estimate of drug-likeness (QED) is 0.786. The third-order valence-electron chi connectivity index (χ3n) is 3.48. The molecule has 2 aromatic carbocycles. The molecule has 0 fully saturated rings. The predicted octanol–water partition coefficient (Wildman–Crippen LogP) is 3.60. The standard InChI is InChI=1S/C18H15NO4S/c1-24(21,22)15-9-5-8-14(12-15)19-18(20)17-16(10-11-23-17)13-6-3-2-4-7-13/h2-12H,1H3,(H,19,20). The largest absolute Gasteiger partial charge is 0.459 e. The van der Waals surface area contributed by atoms with E-state index in [1.165, 1.54) is 18.4 Å². The Morgan fingerprint density at radius 3 is 2.46 bits per heavy atom. The van der Waals surface area contributed by atoms with Crippen molar-refractivity contribution in [3.05, 3.63) is 72.7 Å². The fourth-order valence-corrected chi connectivity index (χ4v) is 2.99. The van der Waals surface area contributed by atoms with Gasteiger partial charge < -0.3 is 9.73 Å². The van der Waals surface area contributed by atoms with E-state index < -0.39 is 15.7 Å². The Labute approximate surface area is 139 Å². The number of anilines is 1. The Morgan fingerprint density at radius 1 is 1.00 bits per heavy atom. The van der Waals surface area contributed by atoms with Crippen molar-refractivity contribution in [1.82, 2.24) is 0 Å². The molecule has 3 aromatic rings. The minimum absolute atomic E-state index is 0.142. The zero-order valence-corrected chi connectivity index (χ0v) is 13.7. The van der Waals surface area contributed by atoms with Crippen LogP contribution in [0.4, 0.5) is 5.69 Å². The molecule has 0 unspecified atom stereocenters. The van der Waals surface area contributed by atoms with E-state index in [2.05, 4.69) is 5.32 Å².